The van der Waals surface area contributed by atoms with Crippen LogP contribution in [0.4, 0.5) is 5.69 Å². The molecular formula is C23H23INOP. The lowest BCUT2D eigenvalue weighted by Crippen LogP contribution is -2.06. The van der Waals surface area contributed by atoms with E-state index in [1.165, 1.54) is 8.87 Å². The summed E-state index contributed by atoms with van der Waals surface area (Å²) >= 11 is 2.33. The molecule has 3 aromatic rings. The summed E-state index contributed by atoms with van der Waals surface area (Å²) in [6.07, 6.45) is 2.93. The van der Waals surface area contributed by atoms with E-state index in [4.69, 9.17) is 0 Å². The summed E-state index contributed by atoms with van der Waals surface area (Å²) in [6, 6.07) is 22.5. The highest BCUT2D eigenvalue weighted by atomic mass is 127. The fourth-order valence-electron chi connectivity index (χ4n) is 3.01. The quantitative estimate of drug-likeness (QED) is 0.240. The maximum Gasteiger partial charge on any atom is 0.122 e. The van der Waals surface area contributed by atoms with Gasteiger partial charge in [-0.25, -0.2) is 0 Å². The number of nitrogens with zero attached hydrogens (tertiary/aromatic N) is 1. The number of hydrogen-bond donors (Lipinski definition) is 1. The summed E-state index contributed by atoms with van der Waals surface area (Å²) in [6.45, 7) is 4.16. The van der Waals surface area contributed by atoms with E-state index in [1.807, 2.05) is 55.6 Å². The fourth-order valence-corrected chi connectivity index (χ4v) is 5.28. The van der Waals surface area contributed by atoms with Gasteiger partial charge in [0, 0.05) is 26.6 Å². The van der Waals surface area contributed by atoms with Crippen LogP contribution in [-0.4, -0.2) is 11.3 Å². The molecule has 0 heterocycles. The van der Waals surface area contributed by atoms with Crippen LogP contribution in [-0.2, 0) is 0 Å². The molecule has 27 heavy (non-hydrogen) atoms. The summed E-state index contributed by atoms with van der Waals surface area (Å²) in [5, 5.41) is 11.9. The number of benzene rings is 3. The van der Waals surface area contributed by atoms with Crippen LogP contribution < -0.4 is 5.30 Å². The number of phenolic OH excluding ortho intramolecular Hbond substituents is 1. The Morgan fingerprint density at radius 3 is 2.52 bits per heavy atom. The highest BCUT2D eigenvalue weighted by molar-refractivity contribution is 14.1. The second kappa shape index (κ2) is 9.48. The Morgan fingerprint density at radius 1 is 1.07 bits per heavy atom. The number of halogens is 1. The Bertz CT molecular complexity index is 940. The molecule has 1 N–H and O–H groups in total. The Labute approximate surface area is 176 Å². The molecule has 0 aliphatic rings. The zero-order valence-electron chi connectivity index (χ0n) is 15.5. The summed E-state index contributed by atoms with van der Waals surface area (Å²) in [5.41, 5.74) is 4.38. The molecule has 0 aliphatic carbocycles. The number of aliphatic imine (C=N–C) groups is 1. The number of aromatic hydroxyl groups is 1. The molecule has 0 aliphatic heterocycles. The van der Waals surface area contributed by atoms with Crippen molar-refractivity contribution in [3.05, 3.63) is 87.0 Å². The van der Waals surface area contributed by atoms with Crippen molar-refractivity contribution in [3.8, 4) is 5.75 Å². The van der Waals surface area contributed by atoms with Crippen LogP contribution in [0, 0.1) is 10.5 Å². The lowest BCUT2D eigenvalue weighted by molar-refractivity contribution is 0.462. The Balaban J connectivity index is 1.90. The van der Waals surface area contributed by atoms with E-state index in [0.29, 0.717) is 20.0 Å². The number of hydrogen-bond acceptors (Lipinski definition) is 2. The molecule has 3 rings (SSSR count). The monoisotopic (exact) mass is 487 g/mol. The first-order chi connectivity index (χ1) is 13.1. The minimum atomic E-state index is 0.296. The van der Waals surface area contributed by atoms with Crippen LogP contribution in [0.15, 0.2) is 71.7 Å². The van der Waals surface area contributed by atoms with Crippen LogP contribution in [0.1, 0.15) is 35.7 Å². The van der Waals surface area contributed by atoms with E-state index >= 15 is 0 Å². The topological polar surface area (TPSA) is 32.6 Å². The van der Waals surface area contributed by atoms with Gasteiger partial charge in [-0.2, -0.15) is 0 Å². The van der Waals surface area contributed by atoms with Gasteiger partial charge in [-0.05, 0) is 71.1 Å². The Kier molecular flexibility index (Phi) is 7.03. The van der Waals surface area contributed by atoms with Gasteiger partial charge in [0.05, 0.1) is 5.69 Å². The van der Waals surface area contributed by atoms with Crippen molar-refractivity contribution in [1.82, 2.24) is 0 Å². The number of para-hydroxylation sites is 1. The summed E-state index contributed by atoms with van der Waals surface area (Å²) in [7, 11) is 0.574. The maximum absolute atomic E-state index is 10.6. The maximum atomic E-state index is 10.6. The predicted molar refractivity (Wildman–Crippen MR) is 127 cm³/mol. The summed E-state index contributed by atoms with van der Waals surface area (Å²) in [4.78, 5) is 4.62. The standard InChI is InChI=1S/C23H23INOP/c1-3-21(20-14-18(24)13-16(2)23(20)26)27-22-12-8-7-9-17(22)15-25-19-10-5-4-6-11-19/h4-15,21,26-27H,3H2,1-2H3. The first-order valence-corrected chi connectivity index (χ1v) is 11.2. The van der Waals surface area contributed by atoms with Gasteiger partial charge in [-0.15, -0.1) is 0 Å². The van der Waals surface area contributed by atoms with Gasteiger partial charge in [0.2, 0.25) is 0 Å². The number of phenols is 1. The van der Waals surface area contributed by atoms with Gasteiger partial charge in [0.15, 0.2) is 0 Å². The minimum Gasteiger partial charge on any atom is -0.507 e. The fraction of sp³-hybridized carbons (Fsp3) is 0.174. The van der Waals surface area contributed by atoms with E-state index in [9.17, 15) is 5.11 Å². The van der Waals surface area contributed by atoms with E-state index in [-0.39, 0.29) is 0 Å². The third kappa shape index (κ3) is 5.18. The highest BCUT2D eigenvalue weighted by Gasteiger charge is 2.17. The largest absolute Gasteiger partial charge is 0.507 e. The molecule has 0 bridgehead atoms. The molecule has 0 saturated heterocycles. The van der Waals surface area contributed by atoms with Gasteiger partial charge in [0.1, 0.15) is 5.75 Å². The SMILES string of the molecule is CCC(Pc1ccccc1C=Nc1ccccc1)c1cc(I)cc(C)c1O. The van der Waals surface area contributed by atoms with Crippen molar-refractivity contribution in [2.45, 2.75) is 25.9 Å². The molecule has 0 aromatic heterocycles. The average Bonchev–Trinajstić information content (AvgIpc) is 2.69. The minimum absolute atomic E-state index is 0.296. The average molecular weight is 487 g/mol. The van der Waals surface area contributed by atoms with Gasteiger partial charge in [0.25, 0.3) is 0 Å². The molecule has 0 radical (unpaired) electrons. The normalized spacial score (nSPS) is 12.9. The Morgan fingerprint density at radius 2 is 1.78 bits per heavy atom. The van der Waals surface area contributed by atoms with E-state index < -0.39 is 0 Å². The third-order valence-corrected chi connectivity index (χ3v) is 6.93. The summed E-state index contributed by atoms with van der Waals surface area (Å²) in [5.74, 6) is 0.435. The van der Waals surface area contributed by atoms with E-state index in [0.717, 1.165) is 28.8 Å². The molecule has 0 saturated carbocycles. The van der Waals surface area contributed by atoms with Gasteiger partial charge >= 0.3 is 0 Å². The van der Waals surface area contributed by atoms with Crippen LogP contribution >= 0.6 is 31.2 Å². The van der Waals surface area contributed by atoms with Crippen LogP contribution in [0.5, 0.6) is 5.75 Å². The van der Waals surface area contributed by atoms with Gasteiger partial charge in [-0.1, -0.05) is 58.0 Å². The zero-order valence-corrected chi connectivity index (χ0v) is 18.6. The molecule has 4 heteroatoms. The van der Waals surface area contributed by atoms with Crippen molar-refractivity contribution in [1.29, 1.82) is 0 Å². The number of aryl methyl sites for hydroxylation is 1. The lowest BCUT2D eigenvalue weighted by atomic mass is 10.1. The molecular weight excluding hydrogens is 464 g/mol. The van der Waals surface area contributed by atoms with Crippen molar-refractivity contribution in [2.75, 3.05) is 0 Å². The van der Waals surface area contributed by atoms with Crippen molar-refractivity contribution >= 4 is 48.4 Å². The second-order valence-electron chi connectivity index (χ2n) is 6.45. The second-order valence-corrected chi connectivity index (χ2v) is 9.22. The molecule has 138 valence electrons. The van der Waals surface area contributed by atoms with Crippen LogP contribution in [0.25, 0.3) is 0 Å². The smallest absolute Gasteiger partial charge is 0.122 e. The lowest BCUT2D eigenvalue weighted by Gasteiger charge is -2.19. The van der Waals surface area contributed by atoms with Crippen LogP contribution in [0.3, 0.4) is 0 Å². The molecule has 0 fully saturated rings. The molecule has 3 aromatic carbocycles. The summed E-state index contributed by atoms with van der Waals surface area (Å²) < 4.78 is 1.17. The molecule has 2 atom stereocenters. The predicted octanol–water partition coefficient (Wildman–Crippen LogP) is 6.51. The molecule has 0 spiro atoms. The first kappa shape index (κ1) is 20.0. The van der Waals surface area contributed by atoms with Crippen molar-refractivity contribution in [2.24, 2.45) is 4.99 Å². The van der Waals surface area contributed by atoms with Crippen molar-refractivity contribution < 1.29 is 5.11 Å². The molecule has 0 amide bonds. The first-order valence-electron chi connectivity index (χ1n) is 9.02. The van der Waals surface area contributed by atoms with E-state index in [1.54, 1.807) is 0 Å². The zero-order chi connectivity index (χ0) is 19.2. The van der Waals surface area contributed by atoms with Crippen molar-refractivity contribution in [3.63, 3.8) is 0 Å². The van der Waals surface area contributed by atoms with Gasteiger partial charge in [-0.3, -0.25) is 4.99 Å². The van der Waals surface area contributed by atoms with Crippen LogP contribution in [0.2, 0.25) is 0 Å². The van der Waals surface area contributed by atoms with Gasteiger partial charge < -0.3 is 5.11 Å². The highest BCUT2D eigenvalue weighted by Crippen LogP contribution is 2.43. The molecule has 2 unspecified atom stereocenters. The Hall–Kier alpha value is -1.71. The number of rotatable bonds is 6. The third-order valence-electron chi connectivity index (χ3n) is 4.48. The van der Waals surface area contributed by atoms with E-state index in [2.05, 4.69) is 58.8 Å². The molecule has 2 nitrogen and oxygen atoms in total.